The predicted octanol–water partition coefficient (Wildman–Crippen LogP) is 4.03. The van der Waals surface area contributed by atoms with Crippen molar-refractivity contribution in [1.29, 1.82) is 0 Å². The van der Waals surface area contributed by atoms with Gasteiger partial charge in [0, 0.05) is 18.7 Å². The molecule has 1 rings (SSSR count). The number of benzene rings is 1. The van der Waals surface area contributed by atoms with Crippen molar-refractivity contribution in [3.05, 3.63) is 28.2 Å². The molecule has 0 bridgehead atoms. The topological polar surface area (TPSA) is 58.6 Å². The molecule has 0 unspecified atom stereocenters. The summed E-state index contributed by atoms with van der Waals surface area (Å²) in [6.07, 6.45) is 0.982. The summed E-state index contributed by atoms with van der Waals surface area (Å²) < 4.78 is 29.9. The SMILES string of the molecule is CCC(CC)(CNCc1cccc(Br)c1OC(F)F)C(=O)O. The first-order chi connectivity index (χ1) is 10.4. The normalized spacial score (nSPS) is 11.7. The molecule has 1 aromatic rings. The number of para-hydroxylation sites is 1. The lowest BCUT2D eigenvalue weighted by Crippen LogP contribution is -2.40. The van der Waals surface area contributed by atoms with Crippen LogP contribution in [0.25, 0.3) is 0 Å². The summed E-state index contributed by atoms with van der Waals surface area (Å²) in [6.45, 7) is 1.24. The number of ether oxygens (including phenoxy) is 1. The Bertz CT molecular complexity index is 508. The van der Waals surface area contributed by atoms with E-state index in [4.69, 9.17) is 0 Å². The fraction of sp³-hybridized carbons (Fsp3) is 0.533. The van der Waals surface area contributed by atoms with Gasteiger partial charge in [-0.05, 0) is 34.8 Å². The standard InChI is InChI=1S/C15H20BrF2NO3/c1-3-15(4-2,13(20)21)9-19-8-10-6-5-7-11(16)12(10)22-14(17)18/h5-7,14,19H,3-4,8-9H2,1-2H3,(H,20,21). The first-order valence-electron chi connectivity index (χ1n) is 7.02. The maximum atomic E-state index is 12.5. The first-order valence-corrected chi connectivity index (χ1v) is 7.82. The first kappa shape index (κ1) is 18.8. The zero-order valence-electron chi connectivity index (χ0n) is 12.5. The van der Waals surface area contributed by atoms with Gasteiger partial charge in [-0.2, -0.15) is 8.78 Å². The van der Waals surface area contributed by atoms with Crippen LogP contribution in [-0.4, -0.2) is 24.2 Å². The summed E-state index contributed by atoms with van der Waals surface area (Å²) in [6, 6.07) is 4.99. The lowest BCUT2D eigenvalue weighted by Gasteiger charge is -2.27. The van der Waals surface area contributed by atoms with Crippen molar-refractivity contribution in [3.8, 4) is 5.75 Å². The van der Waals surface area contributed by atoms with Crippen molar-refractivity contribution in [2.24, 2.45) is 5.41 Å². The fourth-order valence-electron chi connectivity index (χ4n) is 2.23. The molecule has 2 N–H and O–H groups in total. The van der Waals surface area contributed by atoms with E-state index >= 15 is 0 Å². The minimum Gasteiger partial charge on any atom is -0.481 e. The number of aliphatic carboxylic acids is 1. The van der Waals surface area contributed by atoms with Gasteiger partial charge in [0.15, 0.2) is 0 Å². The maximum absolute atomic E-state index is 12.5. The molecule has 0 heterocycles. The van der Waals surface area contributed by atoms with Gasteiger partial charge in [0.2, 0.25) is 0 Å². The molecule has 0 radical (unpaired) electrons. The largest absolute Gasteiger partial charge is 0.481 e. The second kappa shape index (κ2) is 8.43. The second-order valence-corrected chi connectivity index (χ2v) is 5.86. The minimum atomic E-state index is -2.91. The van der Waals surface area contributed by atoms with E-state index in [1.165, 1.54) is 0 Å². The lowest BCUT2D eigenvalue weighted by atomic mass is 9.82. The van der Waals surface area contributed by atoms with E-state index in [0.717, 1.165) is 0 Å². The molecule has 7 heteroatoms. The summed E-state index contributed by atoms with van der Waals surface area (Å²) >= 11 is 3.18. The van der Waals surface area contributed by atoms with Crippen LogP contribution in [-0.2, 0) is 11.3 Å². The summed E-state index contributed by atoms with van der Waals surface area (Å²) in [5.41, 5.74) is -0.309. The molecule has 0 amide bonds. The van der Waals surface area contributed by atoms with Gasteiger partial charge in [0.25, 0.3) is 0 Å². The Labute approximate surface area is 137 Å². The van der Waals surface area contributed by atoms with Crippen LogP contribution in [0.5, 0.6) is 5.75 Å². The highest BCUT2D eigenvalue weighted by molar-refractivity contribution is 9.10. The molecular weight excluding hydrogens is 360 g/mol. The predicted molar refractivity (Wildman–Crippen MR) is 83.1 cm³/mol. The van der Waals surface area contributed by atoms with Crippen molar-refractivity contribution in [2.75, 3.05) is 6.54 Å². The van der Waals surface area contributed by atoms with Crippen molar-refractivity contribution >= 4 is 21.9 Å². The zero-order valence-corrected chi connectivity index (χ0v) is 14.1. The van der Waals surface area contributed by atoms with Gasteiger partial charge >= 0.3 is 12.6 Å². The molecule has 124 valence electrons. The molecule has 0 fully saturated rings. The molecule has 4 nitrogen and oxygen atoms in total. The van der Waals surface area contributed by atoms with Crippen LogP contribution in [0.1, 0.15) is 32.3 Å². The van der Waals surface area contributed by atoms with Crippen molar-refractivity contribution < 1.29 is 23.4 Å². The number of carboxylic acid groups (broad SMARTS) is 1. The zero-order chi connectivity index (χ0) is 16.8. The van der Waals surface area contributed by atoms with Gasteiger partial charge in [-0.15, -0.1) is 0 Å². The van der Waals surface area contributed by atoms with Crippen LogP contribution >= 0.6 is 15.9 Å². The van der Waals surface area contributed by atoms with Crippen LogP contribution in [0.4, 0.5) is 8.78 Å². The summed E-state index contributed by atoms with van der Waals surface area (Å²) in [4.78, 5) is 11.4. The molecule has 0 aliphatic carbocycles. The number of carbonyl (C=O) groups is 1. The molecule has 0 spiro atoms. The highest BCUT2D eigenvalue weighted by atomic mass is 79.9. The van der Waals surface area contributed by atoms with E-state index in [9.17, 15) is 18.7 Å². The molecule has 0 aliphatic heterocycles. The van der Waals surface area contributed by atoms with Gasteiger partial charge < -0.3 is 15.2 Å². The maximum Gasteiger partial charge on any atom is 0.387 e. The Morgan fingerprint density at radius 3 is 2.55 bits per heavy atom. The quantitative estimate of drug-likeness (QED) is 0.679. The molecule has 0 atom stereocenters. The average Bonchev–Trinajstić information content (AvgIpc) is 2.46. The van der Waals surface area contributed by atoms with E-state index < -0.39 is 18.0 Å². The fourth-order valence-corrected chi connectivity index (χ4v) is 2.73. The monoisotopic (exact) mass is 379 g/mol. The van der Waals surface area contributed by atoms with Crippen LogP contribution in [0.15, 0.2) is 22.7 Å². The lowest BCUT2D eigenvalue weighted by molar-refractivity contribution is -0.149. The summed E-state index contributed by atoms with van der Waals surface area (Å²) in [5, 5.41) is 12.4. The van der Waals surface area contributed by atoms with Gasteiger partial charge in [-0.25, -0.2) is 0 Å². The van der Waals surface area contributed by atoms with Gasteiger partial charge in [0.05, 0.1) is 9.89 Å². The van der Waals surface area contributed by atoms with Gasteiger partial charge in [-0.1, -0.05) is 26.0 Å². The Hall–Kier alpha value is -1.21. The third-order valence-corrected chi connectivity index (χ3v) is 4.47. The van der Waals surface area contributed by atoms with E-state index in [0.29, 0.717) is 22.9 Å². The van der Waals surface area contributed by atoms with E-state index in [-0.39, 0.29) is 18.8 Å². The second-order valence-electron chi connectivity index (χ2n) is 5.00. The smallest absolute Gasteiger partial charge is 0.387 e. The third kappa shape index (κ3) is 4.64. The number of nitrogens with one attached hydrogen (secondary N) is 1. The van der Waals surface area contributed by atoms with Crippen LogP contribution in [0.2, 0.25) is 0 Å². The molecule has 0 saturated carbocycles. The van der Waals surface area contributed by atoms with Crippen LogP contribution in [0.3, 0.4) is 0 Å². The number of carboxylic acids is 1. The molecule has 22 heavy (non-hydrogen) atoms. The average molecular weight is 380 g/mol. The van der Waals surface area contributed by atoms with Crippen molar-refractivity contribution in [2.45, 2.75) is 39.8 Å². The van der Waals surface area contributed by atoms with E-state index in [2.05, 4.69) is 26.0 Å². The number of halogens is 3. The third-order valence-electron chi connectivity index (χ3n) is 3.84. The number of hydrogen-bond donors (Lipinski definition) is 2. The van der Waals surface area contributed by atoms with E-state index in [1.54, 1.807) is 18.2 Å². The van der Waals surface area contributed by atoms with Crippen molar-refractivity contribution in [1.82, 2.24) is 5.32 Å². The highest BCUT2D eigenvalue weighted by Gasteiger charge is 2.34. The van der Waals surface area contributed by atoms with Crippen LogP contribution < -0.4 is 10.1 Å². The Kier molecular flexibility index (Phi) is 7.22. The minimum absolute atomic E-state index is 0.0684. The molecule has 0 aromatic heterocycles. The summed E-state index contributed by atoms with van der Waals surface area (Å²) in [7, 11) is 0. The summed E-state index contributed by atoms with van der Waals surface area (Å²) in [5.74, 6) is -0.790. The van der Waals surface area contributed by atoms with E-state index in [1.807, 2.05) is 13.8 Å². The Morgan fingerprint density at radius 1 is 1.41 bits per heavy atom. The molecule has 0 saturated heterocycles. The van der Waals surface area contributed by atoms with Crippen LogP contribution in [0, 0.1) is 5.41 Å². The number of hydrogen-bond acceptors (Lipinski definition) is 3. The van der Waals surface area contributed by atoms with Crippen molar-refractivity contribution in [3.63, 3.8) is 0 Å². The Morgan fingerprint density at radius 2 is 2.05 bits per heavy atom. The number of alkyl halides is 2. The number of rotatable bonds is 9. The highest BCUT2D eigenvalue weighted by Crippen LogP contribution is 2.31. The van der Waals surface area contributed by atoms with Gasteiger partial charge in [0.1, 0.15) is 5.75 Å². The van der Waals surface area contributed by atoms with Gasteiger partial charge in [-0.3, -0.25) is 4.79 Å². The molecule has 1 aromatic carbocycles. The molecule has 0 aliphatic rings. The Balaban J connectivity index is 2.80. The molecular formula is C15H20BrF2NO3.